The fraction of sp³-hybridized carbons (Fsp3) is 0.188. The third kappa shape index (κ3) is 2.26. The predicted octanol–water partition coefficient (Wildman–Crippen LogP) is 3.56. The van der Waals surface area contributed by atoms with Crippen molar-refractivity contribution in [1.82, 2.24) is 4.98 Å². The van der Waals surface area contributed by atoms with Crippen LogP contribution in [0, 0.1) is 0 Å². The number of rotatable bonds is 3. The lowest BCUT2D eigenvalue weighted by atomic mass is 10.1. The number of benzene rings is 2. The van der Waals surface area contributed by atoms with E-state index in [0.29, 0.717) is 11.5 Å². The molecule has 0 amide bonds. The molecule has 0 saturated heterocycles. The summed E-state index contributed by atoms with van der Waals surface area (Å²) in [7, 11) is 1.62. The first-order chi connectivity index (χ1) is 9.67. The van der Waals surface area contributed by atoms with Crippen LogP contribution in [0.4, 0.5) is 0 Å². The van der Waals surface area contributed by atoms with E-state index in [9.17, 15) is 5.11 Å². The fourth-order valence-corrected chi connectivity index (χ4v) is 2.06. The number of fused-ring (bicyclic) bond motifs is 1. The summed E-state index contributed by atoms with van der Waals surface area (Å²) in [5.41, 5.74) is 3.23. The summed E-state index contributed by atoms with van der Waals surface area (Å²) >= 11 is 0. The number of hydrogen-bond donors (Lipinski definition) is 1. The van der Waals surface area contributed by atoms with Crippen molar-refractivity contribution in [2.75, 3.05) is 7.11 Å². The quantitative estimate of drug-likeness (QED) is 0.790. The minimum atomic E-state index is -0.475. The van der Waals surface area contributed by atoms with E-state index >= 15 is 0 Å². The zero-order valence-electron chi connectivity index (χ0n) is 11.3. The van der Waals surface area contributed by atoms with Crippen molar-refractivity contribution in [3.63, 3.8) is 0 Å². The van der Waals surface area contributed by atoms with Gasteiger partial charge in [-0.05, 0) is 36.8 Å². The first-order valence-electron chi connectivity index (χ1n) is 6.40. The van der Waals surface area contributed by atoms with Gasteiger partial charge in [0, 0.05) is 11.6 Å². The summed E-state index contributed by atoms with van der Waals surface area (Å²) < 4.78 is 10.9. The van der Waals surface area contributed by atoms with Crippen LogP contribution in [0.25, 0.3) is 22.6 Å². The number of methoxy groups -OCH3 is 1. The van der Waals surface area contributed by atoms with Gasteiger partial charge in [-0.1, -0.05) is 12.1 Å². The molecule has 1 atom stereocenters. The second kappa shape index (κ2) is 4.98. The molecule has 0 fully saturated rings. The second-order valence-electron chi connectivity index (χ2n) is 4.65. The van der Waals surface area contributed by atoms with Crippen molar-refractivity contribution in [1.29, 1.82) is 0 Å². The summed E-state index contributed by atoms with van der Waals surface area (Å²) in [6.07, 6.45) is -0.475. The molecule has 1 aromatic heterocycles. The second-order valence-corrected chi connectivity index (χ2v) is 4.65. The Labute approximate surface area is 116 Å². The first kappa shape index (κ1) is 12.7. The van der Waals surface area contributed by atoms with E-state index in [0.717, 1.165) is 22.4 Å². The molecule has 20 heavy (non-hydrogen) atoms. The van der Waals surface area contributed by atoms with Gasteiger partial charge in [-0.3, -0.25) is 0 Å². The molecule has 0 aliphatic heterocycles. The standard InChI is InChI=1S/C16H15NO3/c1-10(18)11-3-5-12(6-4-11)16-17-14-8-7-13(19-2)9-15(14)20-16/h3-10,18H,1-2H3/t10-/m1/s1. The highest BCUT2D eigenvalue weighted by Crippen LogP contribution is 2.27. The topological polar surface area (TPSA) is 55.5 Å². The predicted molar refractivity (Wildman–Crippen MR) is 76.6 cm³/mol. The highest BCUT2D eigenvalue weighted by Gasteiger charge is 2.09. The van der Waals surface area contributed by atoms with Crippen LogP contribution >= 0.6 is 0 Å². The molecular weight excluding hydrogens is 254 g/mol. The molecule has 0 aliphatic carbocycles. The van der Waals surface area contributed by atoms with Crippen LogP contribution in [0.15, 0.2) is 46.9 Å². The van der Waals surface area contributed by atoms with Crippen molar-refractivity contribution >= 4 is 11.1 Å². The molecule has 102 valence electrons. The lowest BCUT2D eigenvalue weighted by Gasteiger charge is -2.04. The van der Waals surface area contributed by atoms with Crippen LogP contribution in [0.3, 0.4) is 0 Å². The van der Waals surface area contributed by atoms with Crippen LogP contribution in [0.1, 0.15) is 18.6 Å². The van der Waals surface area contributed by atoms with Gasteiger partial charge in [0.1, 0.15) is 11.3 Å². The lowest BCUT2D eigenvalue weighted by Crippen LogP contribution is -1.89. The molecule has 1 N–H and O–H groups in total. The minimum absolute atomic E-state index is 0.475. The summed E-state index contributed by atoms with van der Waals surface area (Å²) in [4.78, 5) is 4.45. The van der Waals surface area contributed by atoms with Crippen molar-refractivity contribution in [3.8, 4) is 17.2 Å². The van der Waals surface area contributed by atoms with Crippen molar-refractivity contribution in [3.05, 3.63) is 48.0 Å². The van der Waals surface area contributed by atoms with E-state index in [1.807, 2.05) is 42.5 Å². The van der Waals surface area contributed by atoms with Crippen LogP contribution < -0.4 is 4.74 Å². The van der Waals surface area contributed by atoms with E-state index in [-0.39, 0.29) is 0 Å². The molecule has 0 aliphatic rings. The Morgan fingerprint density at radius 2 is 1.90 bits per heavy atom. The fourth-order valence-electron chi connectivity index (χ4n) is 2.06. The third-order valence-electron chi connectivity index (χ3n) is 3.24. The highest BCUT2D eigenvalue weighted by atomic mass is 16.5. The molecule has 0 saturated carbocycles. The largest absolute Gasteiger partial charge is 0.497 e. The molecule has 0 spiro atoms. The molecule has 2 aromatic carbocycles. The summed E-state index contributed by atoms with van der Waals surface area (Å²) in [5.74, 6) is 1.30. The maximum atomic E-state index is 9.50. The van der Waals surface area contributed by atoms with Gasteiger partial charge >= 0.3 is 0 Å². The number of nitrogens with zero attached hydrogens (tertiary/aromatic N) is 1. The Morgan fingerprint density at radius 1 is 1.15 bits per heavy atom. The summed E-state index contributed by atoms with van der Waals surface area (Å²) in [6, 6.07) is 13.1. The number of oxazole rings is 1. The molecule has 4 heteroatoms. The van der Waals surface area contributed by atoms with Gasteiger partial charge in [0.15, 0.2) is 5.58 Å². The van der Waals surface area contributed by atoms with E-state index in [2.05, 4.69) is 4.98 Å². The molecule has 4 nitrogen and oxygen atoms in total. The van der Waals surface area contributed by atoms with Gasteiger partial charge in [-0.15, -0.1) is 0 Å². The molecule has 0 bridgehead atoms. The van der Waals surface area contributed by atoms with Crippen molar-refractivity contribution in [2.24, 2.45) is 0 Å². The van der Waals surface area contributed by atoms with E-state index in [1.165, 1.54) is 0 Å². The molecule has 3 aromatic rings. The van der Waals surface area contributed by atoms with Crippen LogP contribution in [0.5, 0.6) is 5.75 Å². The van der Waals surface area contributed by atoms with Gasteiger partial charge in [-0.2, -0.15) is 0 Å². The maximum absolute atomic E-state index is 9.50. The Bertz CT molecular complexity index is 729. The maximum Gasteiger partial charge on any atom is 0.227 e. The van der Waals surface area contributed by atoms with Gasteiger partial charge < -0.3 is 14.3 Å². The van der Waals surface area contributed by atoms with Gasteiger partial charge in [-0.25, -0.2) is 4.98 Å². The Balaban J connectivity index is 2.01. The van der Waals surface area contributed by atoms with E-state index in [1.54, 1.807) is 14.0 Å². The van der Waals surface area contributed by atoms with Gasteiger partial charge in [0.25, 0.3) is 0 Å². The Hall–Kier alpha value is -2.33. The van der Waals surface area contributed by atoms with Gasteiger partial charge in [0.05, 0.1) is 13.2 Å². The van der Waals surface area contributed by atoms with Gasteiger partial charge in [0.2, 0.25) is 5.89 Å². The average Bonchev–Trinajstić information content (AvgIpc) is 2.90. The lowest BCUT2D eigenvalue weighted by molar-refractivity contribution is 0.199. The minimum Gasteiger partial charge on any atom is -0.497 e. The number of aromatic nitrogens is 1. The zero-order valence-corrected chi connectivity index (χ0v) is 11.3. The number of aliphatic hydroxyl groups is 1. The smallest absolute Gasteiger partial charge is 0.227 e. The third-order valence-corrected chi connectivity index (χ3v) is 3.24. The monoisotopic (exact) mass is 269 g/mol. The van der Waals surface area contributed by atoms with Crippen LogP contribution in [-0.4, -0.2) is 17.2 Å². The summed E-state index contributed by atoms with van der Waals surface area (Å²) in [5, 5.41) is 9.50. The normalized spacial score (nSPS) is 12.6. The van der Waals surface area contributed by atoms with E-state index < -0.39 is 6.10 Å². The Kier molecular flexibility index (Phi) is 3.16. The highest BCUT2D eigenvalue weighted by molar-refractivity contribution is 5.77. The zero-order chi connectivity index (χ0) is 14.1. The molecular formula is C16H15NO3. The van der Waals surface area contributed by atoms with E-state index in [4.69, 9.17) is 9.15 Å². The van der Waals surface area contributed by atoms with Crippen LogP contribution in [-0.2, 0) is 0 Å². The molecule has 1 heterocycles. The number of hydrogen-bond acceptors (Lipinski definition) is 4. The molecule has 0 radical (unpaired) electrons. The Morgan fingerprint density at radius 3 is 2.55 bits per heavy atom. The SMILES string of the molecule is COc1ccc2nc(-c3ccc([C@@H](C)O)cc3)oc2c1. The number of aliphatic hydroxyl groups excluding tert-OH is 1. The molecule has 0 unspecified atom stereocenters. The van der Waals surface area contributed by atoms with Crippen molar-refractivity contribution < 1.29 is 14.3 Å². The van der Waals surface area contributed by atoms with Crippen LogP contribution in [0.2, 0.25) is 0 Å². The first-order valence-corrected chi connectivity index (χ1v) is 6.40. The van der Waals surface area contributed by atoms with Crippen molar-refractivity contribution in [2.45, 2.75) is 13.0 Å². The average molecular weight is 269 g/mol. The summed E-state index contributed by atoms with van der Waals surface area (Å²) in [6.45, 7) is 1.74. The number of ether oxygens (including phenoxy) is 1. The molecule has 3 rings (SSSR count).